The van der Waals surface area contributed by atoms with E-state index in [0.717, 1.165) is 29.7 Å². The molecule has 0 radical (unpaired) electrons. The number of benzene rings is 1. The van der Waals surface area contributed by atoms with Gasteiger partial charge in [-0.15, -0.1) is 0 Å². The molecule has 0 aliphatic carbocycles. The Bertz CT molecular complexity index is 561. The molecule has 2 rings (SSSR count). The van der Waals surface area contributed by atoms with Crippen LogP contribution in [0.3, 0.4) is 0 Å². The second-order valence-electron chi connectivity index (χ2n) is 5.14. The maximum atomic E-state index is 11.3. The van der Waals surface area contributed by atoms with Crippen molar-refractivity contribution in [3.05, 3.63) is 23.3 Å². The van der Waals surface area contributed by atoms with Crippen molar-refractivity contribution >= 4 is 10.0 Å². The number of rotatable bonds is 1. The van der Waals surface area contributed by atoms with Crippen molar-refractivity contribution in [3.8, 4) is 5.75 Å². The van der Waals surface area contributed by atoms with Gasteiger partial charge in [-0.1, -0.05) is 0 Å². The summed E-state index contributed by atoms with van der Waals surface area (Å²) < 4.78 is 28.6. The molecule has 0 spiro atoms. The maximum absolute atomic E-state index is 11.3. The minimum atomic E-state index is -3.64. The molecule has 0 bridgehead atoms. The molecular formula is C12H17NO3S. The molecule has 0 saturated carbocycles. The second-order valence-corrected chi connectivity index (χ2v) is 6.70. The lowest BCUT2D eigenvalue weighted by Gasteiger charge is -2.33. The molecule has 94 valence electrons. The van der Waals surface area contributed by atoms with Crippen LogP contribution in [0.25, 0.3) is 0 Å². The zero-order valence-electron chi connectivity index (χ0n) is 10.3. The van der Waals surface area contributed by atoms with E-state index >= 15 is 0 Å². The van der Waals surface area contributed by atoms with Crippen LogP contribution in [-0.2, 0) is 16.4 Å². The summed E-state index contributed by atoms with van der Waals surface area (Å²) in [4.78, 5) is 0.164. The van der Waals surface area contributed by atoms with E-state index in [1.807, 2.05) is 20.8 Å². The highest BCUT2D eigenvalue weighted by Crippen LogP contribution is 2.36. The molecule has 1 aliphatic rings. The first kappa shape index (κ1) is 12.4. The summed E-state index contributed by atoms with van der Waals surface area (Å²) in [6, 6.07) is 3.18. The number of fused-ring (bicyclic) bond motifs is 1. The van der Waals surface area contributed by atoms with E-state index < -0.39 is 10.0 Å². The number of hydrogen-bond acceptors (Lipinski definition) is 3. The molecule has 1 heterocycles. The van der Waals surface area contributed by atoms with E-state index in [1.54, 1.807) is 12.1 Å². The van der Waals surface area contributed by atoms with Crippen LogP contribution in [0.4, 0.5) is 0 Å². The summed E-state index contributed by atoms with van der Waals surface area (Å²) >= 11 is 0. The highest BCUT2D eigenvalue weighted by atomic mass is 32.2. The Balaban J connectivity index is 2.55. The van der Waals surface area contributed by atoms with E-state index in [0.29, 0.717) is 0 Å². The quantitative estimate of drug-likeness (QED) is 0.831. The minimum absolute atomic E-state index is 0.164. The molecule has 1 aromatic carbocycles. The van der Waals surface area contributed by atoms with Gasteiger partial charge in [0.15, 0.2) is 0 Å². The van der Waals surface area contributed by atoms with Gasteiger partial charge in [-0.2, -0.15) is 0 Å². The van der Waals surface area contributed by atoms with Crippen LogP contribution in [0.5, 0.6) is 5.75 Å². The summed E-state index contributed by atoms with van der Waals surface area (Å²) in [5, 5.41) is 5.14. The van der Waals surface area contributed by atoms with Crippen molar-refractivity contribution in [2.45, 2.75) is 44.1 Å². The predicted molar refractivity (Wildman–Crippen MR) is 65.6 cm³/mol. The Hall–Kier alpha value is -1.07. The van der Waals surface area contributed by atoms with Gasteiger partial charge in [0.2, 0.25) is 10.0 Å². The highest BCUT2D eigenvalue weighted by Gasteiger charge is 2.28. The van der Waals surface area contributed by atoms with Crippen molar-refractivity contribution in [2.24, 2.45) is 5.14 Å². The maximum Gasteiger partial charge on any atom is 0.238 e. The van der Waals surface area contributed by atoms with Gasteiger partial charge < -0.3 is 4.74 Å². The zero-order chi connectivity index (χ0) is 12.8. The summed E-state index contributed by atoms with van der Waals surface area (Å²) in [6.07, 6.45) is 1.68. The normalized spacial score (nSPS) is 18.4. The third-order valence-corrected chi connectivity index (χ3v) is 3.92. The fourth-order valence-electron chi connectivity index (χ4n) is 2.07. The summed E-state index contributed by atoms with van der Waals surface area (Å²) in [5.74, 6) is 0.800. The SMILES string of the molecule is Cc1cc(S(N)(=O)=O)cc2c1OC(C)(C)CC2. The topological polar surface area (TPSA) is 69.4 Å². The largest absolute Gasteiger partial charge is 0.487 e. The van der Waals surface area contributed by atoms with Crippen molar-refractivity contribution in [1.29, 1.82) is 0 Å². The van der Waals surface area contributed by atoms with Crippen LogP contribution in [-0.4, -0.2) is 14.0 Å². The molecule has 1 aromatic rings. The van der Waals surface area contributed by atoms with E-state index in [-0.39, 0.29) is 10.5 Å². The Kier molecular flexibility index (Phi) is 2.71. The zero-order valence-corrected chi connectivity index (χ0v) is 11.1. The number of sulfonamides is 1. The molecule has 0 amide bonds. The monoisotopic (exact) mass is 255 g/mol. The second kappa shape index (κ2) is 3.71. The van der Waals surface area contributed by atoms with E-state index in [9.17, 15) is 8.42 Å². The van der Waals surface area contributed by atoms with Crippen LogP contribution < -0.4 is 9.88 Å². The van der Waals surface area contributed by atoms with Crippen LogP contribution >= 0.6 is 0 Å². The first-order valence-corrected chi connectivity index (χ1v) is 7.09. The van der Waals surface area contributed by atoms with Crippen LogP contribution in [0, 0.1) is 6.92 Å². The van der Waals surface area contributed by atoms with Crippen molar-refractivity contribution in [2.75, 3.05) is 0 Å². The average molecular weight is 255 g/mol. The van der Waals surface area contributed by atoms with E-state index in [2.05, 4.69) is 0 Å². The Morgan fingerprint density at radius 3 is 2.59 bits per heavy atom. The van der Waals surface area contributed by atoms with Gasteiger partial charge in [0.05, 0.1) is 4.90 Å². The molecule has 0 unspecified atom stereocenters. The fraction of sp³-hybridized carbons (Fsp3) is 0.500. The van der Waals surface area contributed by atoms with Gasteiger partial charge in [0.1, 0.15) is 11.4 Å². The highest BCUT2D eigenvalue weighted by molar-refractivity contribution is 7.89. The van der Waals surface area contributed by atoms with Gasteiger partial charge in [-0.25, -0.2) is 13.6 Å². The lowest BCUT2D eigenvalue weighted by molar-refractivity contribution is 0.0835. The fourth-order valence-corrected chi connectivity index (χ4v) is 2.72. The van der Waals surface area contributed by atoms with Crippen LogP contribution in [0.15, 0.2) is 17.0 Å². The van der Waals surface area contributed by atoms with Crippen LogP contribution in [0.1, 0.15) is 31.4 Å². The molecule has 17 heavy (non-hydrogen) atoms. The molecule has 4 nitrogen and oxygen atoms in total. The molecule has 0 aromatic heterocycles. The summed E-state index contributed by atoms with van der Waals surface area (Å²) in [6.45, 7) is 5.90. The summed E-state index contributed by atoms with van der Waals surface area (Å²) in [7, 11) is -3.64. The minimum Gasteiger partial charge on any atom is -0.487 e. The van der Waals surface area contributed by atoms with Gasteiger partial charge in [0.25, 0.3) is 0 Å². The summed E-state index contributed by atoms with van der Waals surface area (Å²) in [5.41, 5.74) is 1.55. The van der Waals surface area contributed by atoms with E-state index in [4.69, 9.17) is 9.88 Å². The number of nitrogens with two attached hydrogens (primary N) is 1. The lowest BCUT2D eigenvalue weighted by Crippen LogP contribution is -2.33. The predicted octanol–water partition coefficient (Wildman–Crippen LogP) is 1.75. The molecule has 5 heteroatoms. The Labute approximate surface area is 102 Å². The first-order chi connectivity index (χ1) is 7.69. The van der Waals surface area contributed by atoms with E-state index in [1.165, 1.54) is 0 Å². The smallest absolute Gasteiger partial charge is 0.238 e. The van der Waals surface area contributed by atoms with Gasteiger partial charge in [0, 0.05) is 0 Å². The van der Waals surface area contributed by atoms with Crippen molar-refractivity contribution < 1.29 is 13.2 Å². The molecule has 0 fully saturated rings. The lowest BCUT2D eigenvalue weighted by atomic mass is 9.93. The number of primary sulfonamides is 1. The van der Waals surface area contributed by atoms with Gasteiger partial charge >= 0.3 is 0 Å². The Morgan fingerprint density at radius 1 is 1.35 bits per heavy atom. The average Bonchev–Trinajstić information content (AvgIpc) is 2.16. The van der Waals surface area contributed by atoms with Crippen molar-refractivity contribution in [3.63, 3.8) is 0 Å². The Morgan fingerprint density at radius 2 is 2.00 bits per heavy atom. The van der Waals surface area contributed by atoms with Gasteiger partial charge in [-0.3, -0.25) is 0 Å². The third-order valence-electron chi connectivity index (χ3n) is 3.03. The van der Waals surface area contributed by atoms with Crippen LogP contribution in [0.2, 0.25) is 0 Å². The third kappa shape index (κ3) is 2.45. The first-order valence-electron chi connectivity index (χ1n) is 5.54. The molecule has 0 atom stereocenters. The molecule has 1 aliphatic heterocycles. The molecule has 2 N–H and O–H groups in total. The molecular weight excluding hydrogens is 238 g/mol. The van der Waals surface area contributed by atoms with Crippen molar-refractivity contribution in [1.82, 2.24) is 0 Å². The number of ether oxygens (including phenoxy) is 1. The van der Waals surface area contributed by atoms with Gasteiger partial charge in [-0.05, 0) is 56.9 Å². The number of aryl methyl sites for hydroxylation is 2. The number of hydrogen-bond donors (Lipinski definition) is 1. The molecule has 0 saturated heterocycles. The standard InChI is InChI=1S/C12H17NO3S/c1-8-6-10(17(13,14)15)7-9-4-5-12(2,3)16-11(8)9/h6-7H,4-5H2,1-3H3,(H2,13,14,15).